The second-order valence-electron chi connectivity index (χ2n) is 4.10. The van der Waals surface area contributed by atoms with Crippen molar-refractivity contribution in [3.05, 3.63) is 0 Å². The number of hydrogen-bond acceptors (Lipinski definition) is 2. The first kappa shape index (κ1) is 15.1. The molecule has 1 rings (SSSR count). The SMILES string of the molecule is O=C(C(C(F)(F)F)C(F)(F)F)N1CCC[C@H](O)C1. The summed E-state index contributed by atoms with van der Waals surface area (Å²) in [6.07, 6.45) is -12.0. The standard InChI is InChI=1S/C9H11F6NO2/c10-8(11,12)6(9(13,14)15)7(18)16-3-1-2-5(17)4-16/h5-6,17H,1-4H2/t5-/m0/s1. The predicted molar refractivity (Wildman–Crippen MR) is 47.4 cm³/mol. The molecule has 106 valence electrons. The number of carbonyl (C=O) groups is 1. The zero-order valence-corrected chi connectivity index (χ0v) is 9.05. The van der Waals surface area contributed by atoms with Gasteiger partial charge in [0.2, 0.25) is 11.8 Å². The molecule has 0 spiro atoms. The van der Waals surface area contributed by atoms with Gasteiger partial charge in [-0.3, -0.25) is 4.79 Å². The Bertz CT molecular complexity index is 299. The van der Waals surface area contributed by atoms with Crippen molar-refractivity contribution >= 4 is 5.91 Å². The summed E-state index contributed by atoms with van der Waals surface area (Å²) in [5.41, 5.74) is 0. The third-order valence-electron chi connectivity index (χ3n) is 2.61. The van der Waals surface area contributed by atoms with Gasteiger partial charge in [-0.2, -0.15) is 26.3 Å². The molecule has 0 aromatic carbocycles. The minimum atomic E-state index is -5.68. The van der Waals surface area contributed by atoms with E-state index in [0.29, 0.717) is 4.90 Å². The molecule has 1 N–H and O–H groups in total. The molecule has 1 amide bonds. The molecular formula is C9H11F6NO2. The maximum absolute atomic E-state index is 12.3. The molecule has 1 atom stereocenters. The van der Waals surface area contributed by atoms with Crippen LogP contribution >= 0.6 is 0 Å². The average molecular weight is 279 g/mol. The minimum Gasteiger partial charge on any atom is -0.391 e. The van der Waals surface area contributed by atoms with Crippen molar-refractivity contribution in [2.75, 3.05) is 13.1 Å². The molecule has 1 saturated heterocycles. The number of rotatable bonds is 1. The highest BCUT2D eigenvalue weighted by Crippen LogP contribution is 2.40. The van der Waals surface area contributed by atoms with Gasteiger partial charge in [0, 0.05) is 13.1 Å². The van der Waals surface area contributed by atoms with E-state index in [1.807, 2.05) is 0 Å². The van der Waals surface area contributed by atoms with Gasteiger partial charge in [-0.15, -0.1) is 0 Å². The van der Waals surface area contributed by atoms with Gasteiger partial charge in [-0.05, 0) is 12.8 Å². The number of piperidine rings is 1. The fourth-order valence-corrected chi connectivity index (χ4v) is 1.80. The van der Waals surface area contributed by atoms with Crippen molar-refractivity contribution in [3.8, 4) is 0 Å². The van der Waals surface area contributed by atoms with Crippen LogP contribution in [-0.2, 0) is 4.79 Å². The normalized spacial score (nSPS) is 22.4. The second kappa shape index (κ2) is 4.94. The summed E-state index contributed by atoms with van der Waals surface area (Å²) in [7, 11) is 0. The van der Waals surface area contributed by atoms with Crippen molar-refractivity contribution in [3.63, 3.8) is 0 Å². The number of likely N-dealkylation sites (tertiary alicyclic amines) is 1. The Morgan fingerprint density at radius 2 is 1.67 bits per heavy atom. The first-order chi connectivity index (χ1) is 8.03. The van der Waals surface area contributed by atoms with Gasteiger partial charge in [0.1, 0.15) is 0 Å². The van der Waals surface area contributed by atoms with Crippen molar-refractivity contribution in [1.29, 1.82) is 0 Å². The Balaban J connectivity index is 2.90. The molecule has 1 fully saturated rings. The lowest BCUT2D eigenvalue weighted by Crippen LogP contribution is -2.52. The summed E-state index contributed by atoms with van der Waals surface area (Å²) in [6.45, 7) is -0.708. The fourth-order valence-electron chi connectivity index (χ4n) is 1.80. The first-order valence-corrected chi connectivity index (χ1v) is 5.13. The third kappa shape index (κ3) is 3.50. The summed E-state index contributed by atoms with van der Waals surface area (Å²) in [4.78, 5) is 11.7. The number of nitrogens with zero attached hydrogens (tertiary/aromatic N) is 1. The molecule has 0 aromatic heterocycles. The Morgan fingerprint density at radius 3 is 2.06 bits per heavy atom. The second-order valence-corrected chi connectivity index (χ2v) is 4.10. The number of halogens is 6. The maximum Gasteiger partial charge on any atom is 0.409 e. The molecule has 3 nitrogen and oxygen atoms in total. The predicted octanol–water partition coefficient (Wildman–Crippen LogP) is 1.71. The number of amides is 1. The van der Waals surface area contributed by atoms with Gasteiger partial charge in [-0.25, -0.2) is 0 Å². The third-order valence-corrected chi connectivity index (χ3v) is 2.61. The van der Waals surface area contributed by atoms with E-state index in [2.05, 4.69) is 0 Å². The highest BCUT2D eigenvalue weighted by Gasteiger charge is 2.62. The van der Waals surface area contributed by atoms with Crippen LogP contribution in [-0.4, -0.2) is 47.5 Å². The minimum absolute atomic E-state index is 0.176. The summed E-state index contributed by atoms with van der Waals surface area (Å²) >= 11 is 0. The number of hydrogen-bond donors (Lipinski definition) is 1. The number of aliphatic hydroxyl groups is 1. The van der Waals surface area contributed by atoms with E-state index in [1.54, 1.807) is 0 Å². The van der Waals surface area contributed by atoms with Gasteiger partial charge in [0.25, 0.3) is 0 Å². The highest BCUT2D eigenvalue weighted by atomic mass is 19.4. The maximum atomic E-state index is 12.3. The molecule has 1 aliphatic heterocycles. The lowest BCUT2D eigenvalue weighted by molar-refractivity contribution is -0.278. The largest absolute Gasteiger partial charge is 0.409 e. The number of carbonyl (C=O) groups excluding carboxylic acids is 1. The highest BCUT2D eigenvalue weighted by molar-refractivity contribution is 5.80. The molecule has 0 aliphatic carbocycles. The van der Waals surface area contributed by atoms with Crippen LogP contribution in [0.15, 0.2) is 0 Å². The summed E-state index contributed by atoms with van der Waals surface area (Å²) in [6, 6.07) is 0. The Labute approximate surface area is 98.4 Å². The van der Waals surface area contributed by atoms with Crippen LogP contribution in [0.3, 0.4) is 0 Å². The van der Waals surface area contributed by atoms with Crippen LogP contribution in [0.2, 0.25) is 0 Å². The molecule has 0 saturated carbocycles. The molecule has 0 aromatic rings. The summed E-state index contributed by atoms with van der Waals surface area (Å²) < 4.78 is 73.7. The molecule has 0 bridgehead atoms. The molecule has 1 aliphatic rings. The molecule has 9 heteroatoms. The molecular weight excluding hydrogens is 268 g/mol. The van der Waals surface area contributed by atoms with Crippen LogP contribution < -0.4 is 0 Å². The average Bonchev–Trinajstić information content (AvgIpc) is 2.12. The zero-order chi connectivity index (χ0) is 14.1. The van der Waals surface area contributed by atoms with Crippen molar-refractivity contribution in [2.24, 2.45) is 5.92 Å². The Morgan fingerprint density at radius 1 is 1.17 bits per heavy atom. The molecule has 1 heterocycles. The van der Waals surface area contributed by atoms with Gasteiger partial charge >= 0.3 is 12.4 Å². The molecule has 0 radical (unpaired) electrons. The summed E-state index contributed by atoms with van der Waals surface area (Å²) in [5.74, 6) is -6.07. The number of alkyl halides is 6. The van der Waals surface area contributed by atoms with Crippen molar-refractivity contribution < 1.29 is 36.2 Å². The number of aliphatic hydroxyl groups excluding tert-OH is 1. The van der Waals surface area contributed by atoms with Gasteiger partial charge in [-0.1, -0.05) is 0 Å². The van der Waals surface area contributed by atoms with Crippen LogP contribution in [0.4, 0.5) is 26.3 Å². The van der Waals surface area contributed by atoms with Gasteiger partial charge in [0.15, 0.2) is 0 Å². The van der Waals surface area contributed by atoms with E-state index in [-0.39, 0.29) is 19.4 Å². The van der Waals surface area contributed by atoms with Crippen LogP contribution in [0.25, 0.3) is 0 Å². The lowest BCUT2D eigenvalue weighted by atomic mass is 10.0. The van der Waals surface area contributed by atoms with E-state index in [9.17, 15) is 31.1 Å². The van der Waals surface area contributed by atoms with E-state index < -0.39 is 36.8 Å². The smallest absolute Gasteiger partial charge is 0.391 e. The quantitative estimate of drug-likeness (QED) is 0.742. The topological polar surface area (TPSA) is 40.5 Å². The fraction of sp³-hybridized carbons (Fsp3) is 0.889. The lowest BCUT2D eigenvalue weighted by Gasteiger charge is -2.34. The van der Waals surface area contributed by atoms with Crippen LogP contribution in [0.5, 0.6) is 0 Å². The summed E-state index contributed by atoms with van der Waals surface area (Å²) in [5, 5.41) is 9.16. The van der Waals surface area contributed by atoms with E-state index in [1.165, 1.54) is 0 Å². The first-order valence-electron chi connectivity index (χ1n) is 5.13. The Kier molecular flexibility index (Phi) is 4.14. The van der Waals surface area contributed by atoms with E-state index in [4.69, 9.17) is 5.11 Å². The van der Waals surface area contributed by atoms with Crippen LogP contribution in [0, 0.1) is 5.92 Å². The van der Waals surface area contributed by atoms with Crippen molar-refractivity contribution in [1.82, 2.24) is 4.90 Å². The van der Waals surface area contributed by atoms with Crippen LogP contribution in [0.1, 0.15) is 12.8 Å². The van der Waals surface area contributed by atoms with E-state index in [0.717, 1.165) is 0 Å². The van der Waals surface area contributed by atoms with Gasteiger partial charge < -0.3 is 10.0 Å². The van der Waals surface area contributed by atoms with E-state index >= 15 is 0 Å². The molecule has 18 heavy (non-hydrogen) atoms. The molecule has 0 unspecified atom stereocenters. The van der Waals surface area contributed by atoms with Crippen molar-refractivity contribution in [2.45, 2.75) is 31.3 Å². The zero-order valence-electron chi connectivity index (χ0n) is 9.05. The Hall–Kier alpha value is -0.990. The number of β-amino-alcohol motifs (C(OH)–C–C–N with tert-alkyl or cyclic N) is 1. The monoisotopic (exact) mass is 279 g/mol. The van der Waals surface area contributed by atoms with Gasteiger partial charge in [0.05, 0.1) is 6.10 Å².